The van der Waals surface area contributed by atoms with Crippen molar-refractivity contribution >= 4 is 0 Å². The van der Waals surface area contributed by atoms with Gasteiger partial charge in [0.1, 0.15) is 25.5 Å². The Morgan fingerprint density at radius 3 is 2.45 bits per heavy atom. The average Bonchev–Trinajstić information content (AvgIpc) is 3.41. The molecule has 0 saturated heterocycles. The Kier molecular flexibility index (Phi) is 6.07. The van der Waals surface area contributed by atoms with Crippen LogP contribution in [-0.4, -0.2) is 20.2 Å². The second kappa shape index (κ2) is 9.25. The van der Waals surface area contributed by atoms with E-state index < -0.39 is 0 Å². The Labute approximate surface area is 168 Å². The Hall–Kier alpha value is -3.32. The van der Waals surface area contributed by atoms with E-state index in [4.69, 9.17) is 4.42 Å². The smallest absolute Gasteiger partial charge is 0.206 e. The van der Waals surface area contributed by atoms with E-state index in [2.05, 4.69) is 27.7 Å². The van der Waals surface area contributed by atoms with Gasteiger partial charge in [0.05, 0.1) is 6.26 Å². The molecule has 0 bridgehead atoms. The van der Waals surface area contributed by atoms with Crippen LogP contribution in [0.15, 0.2) is 77.4 Å². The number of nitrogens with zero attached hydrogens (tertiary/aromatic N) is 4. The maximum absolute atomic E-state index is 13.3. The first-order valence-electron chi connectivity index (χ1n) is 9.65. The third-order valence-corrected chi connectivity index (χ3v) is 4.84. The Bertz CT molecular complexity index is 999. The van der Waals surface area contributed by atoms with Crippen LogP contribution in [-0.2, 0) is 32.6 Å². The molecule has 2 aromatic carbocycles. The van der Waals surface area contributed by atoms with E-state index in [1.165, 1.54) is 22.6 Å². The van der Waals surface area contributed by atoms with E-state index in [1.807, 2.05) is 47.1 Å². The summed E-state index contributed by atoms with van der Waals surface area (Å²) in [6, 6.07) is 20.7. The highest BCUT2D eigenvalue weighted by atomic mass is 19.1. The van der Waals surface area contributed by atoms with Gasteiger partial charge in [-0.1, -0.05) is 42.5 Å². The molecular formula is C22H23FN5O+. The summed E-state index contributed by atoms with van der Waals surface area (Å²) < 4.78 is 20.7. The standard InChI is InChI=1S/C22H22FN5O/c23-20-10-8-19(9-11-20)15-27(16-21-7-4-14-29-21)17-22-24-25-26-28(22)13-12-18-5-2-1-3-6-18/h1-11,14H,12-13,15-17H2/p+1. The van der Waals surface area contributed by atoms with Crippen LogP contribution < -0.4 is 4.90 Å². The van der Waals surface area contributed by atoms with Crippen molar-refractivity contribution in [3.05, 3.63) is 102 Å². The SMILES string of the molecule is Fc1ccc(C[NH+](Cc2ccco2)Cc2nnnn2CCc2ccccc2)cc1. The molecule has 4 aromatic rings. The van der Waals surface area contributed by atoms with Gasteiger partial charge in [0.15, 0.2) is 5.76 Å². The van der Waals surface area contributed by atoms with Gasteiger partial charge in [-0.3, -0.25) is 0 Å². The van der Waals surface area contributed by atoms with Crippen molar-refractivity contribution in [3.63, 3.8) is 0 Å². The lowest BCUT2D eigenvalue weighted by atomic mass is 10.1. The number of aryl methyl sites for hydroxylation is 2. The van der Waals surface area contributed by atoms with E-state index in [-0.39, 0.29) is 5.82 Å². The van der Waals surface area contributed by atoms with Gasteiger partial charge in [-0.25, -0.2) is 9.07 Å². The fourth-order valence-electron chi connectivity index (χ4n) is 3.36. The summed E-state index contributed by atoms with van der Waals surface area (Å²) in [5, 5.41) is 12.3. The van der Waals surface area contributed by atoms with Crippen molar-refractivity contribution in [1.29, 1.82) is 0 Å². The van der Waals surface area contributed by atoms with Crippen LogP contribution in [0.3, 0.4) is 0 Å². The van der Waals surface area contributed by atoms with Crippen molar-refractivity contribution in [2.45, 2.75) is 32.6 Å². The predicted octanol–water partition coefficient (Wildman–Crippen LogP) is 2.43. The minimum Gasteiger partial charge on any atom is -0.463 e. The molecule has 0 aliphatic heterocycles. The first-order valence-corrected chi connectivity index (χ1v) is 9.65. The number of benzene rings is 2. The summed E-state index contributed by atoms with van der Waals surface area (Å²) in [5.41, 5.74) is 2.30. The maximum atomic E-state index is 13.3. The number of nitrogens with one attached hydrogen (secondary N) is 1. The summed E-state index contributed by atoms with van der Waals surface area (Å²) in [7, 11) is 0. The summed E-state index contributed by atoms with van der Waals surface area (Å²) in [4.78, 5) is 1.21. The second-order valence-corrected chi connectivity index (χ2v) is 7.04. The fraction of sp³-hybridized carbons (Fsp3) is 0.227. The third kappa shape index (κ3) is 5.36. The van der Waals surface area contributed by atoms with Crippen molar-refractivity contribution < 1.29 is 13.7 Å². The lowest BCUT2D eigenvalue weighted by Gasteiger charge is -2.18. The Balaban J connectivity index is 1.46. The van der Waals surface area contributed by atoms with Crippen LogP contribution in [0.5, 0.6) is 0 Å². The topological polar surface area (TPSA) is 61.2 Å². The zero-order valence-corrected chi connectivity index (χ0v) is 16.0. The number of furan rings is 1. The molecule has 1 unspecified atom stereocenters. The molecule has 6 nitrogen and oxygen atoms in total. The molecule has 7 heteroatoms. The number of rotatable bonds is 9. The zero-order chi connectivity index (χ0) is 19.9. The van der Waals surface area contributed by atoms with Gasteiger partial charge >= 0.3 is 0 Å². The average molecular weight is 392 g/mol. The van der Waals surface area contributed by atoms with Crippen molar-refractivity contribution in [1.82, 2.24) is 20.2 Å². The number of quaternary nitrogens is 1. The molecule has 0 aliphatic rings. The molecule has 2 heterocycles. The van der Waals surface area contributed by atoms with Gasteiger partial charge in [0.25, 0.3) is 0 Å². The van der Waals surface area contributed by atoms with Crippen molar-refractivity contribution in [3.8, 4) is 0 Å². The maximum Gasteiger partial charge on any atom is 0.206 e. The predicted molar refractivity (Wildman–Crippen MR) is 105 cm³/mol. The molecule has 0 fully saturated rings. The summed E-state index contributed by atoms with van der Waals surface area (Å²) in [5.74, 6) is 1.49. The van der Waals surface area contributed by atoms with Crippen molar-refractivity contribution in [2.75, 3.05) is 0 Å². The second-order valence-electron chi connectivity index (χ2n) is 7.04. The van der Waals surface area contributed by atoms with E-state index in [9.17, 15) is 4.39 Å². The Morgan fingerprint density at radius 1 is 0.862 bits per heavy atom. The van der Waals surface area contributed by atoms with Crippen LogP contribution in [0.25, 0.3) is 0 Å². The quantitative estimate of drug-likeness (QED) is 0.475. The van der Waals surface area contributed by atoms with Gasteiger partial charge in [-0.2, -0.15) is 0 Å². The van der Waals surface area contributed by atoms with Gasteiger partial charge in [0, 0.05) is 12.1 Å². The monoisotopic (exact) mass is 392 g/mol. The molecule has 0 radical (unpaired) electrons. The molecule has 0 saturated carbocycles. The number of aromatic nitrogens is 4. The van der Waals surface area contributed by atoms with E-state index in [1.54, 1.807) is 6.26 Å². The molecule has 148 valence electrons. The van der Waals surface area contributed by atoms with Crippen molar-refractivity contribution in [2.24, 2.45) is 0 Å². The lowest BCUT2D eigenvalue weighted by molar-refractivity contribution is -0.942. The minimum atomic E-state index is -0.230. The normalized spacial score (nSPS) is 12.2. The highest BCUT2D eigenvalue weighted by molar-refractivity contribution is 5.15. The molecule has 0 amide bonds. The zero-order valence-electron chi connectivity index (χ0n) is 16.0. The number of hydrogen-bond donors (Lipinski definition) is 1. The number of hydrogen-bond acceptors (Lipinski definition) is 4. The molecule has 0 spiro atoms. The molecule has 4 rings (SSSR count). The molecule has 1 atom stereocenters. The van der Waals surface area contributed by atoms with E-state index in [0.29, 0.717) is 19.6 Å². The van der Waals surface area contributed by atoms with Crippen LogP contribution in [0, 0.1) is 5.82 Å². The molecule has 0 aliphatic carbocycles. The van der Waals surface area contributed by atoms with Gasteiger partial charge in [0.2, 0.25) is 5.82 Å². The lowest BCUT2D eigenvalue weighted by Crippen LogP contribution is -3.08. The number of tetrazole rings is 1. The minimum absolute atomic E-state index is 0.230. The third-order valence-electron chi connectivity index (χ3n) is 4.84. The molecule has 29 heavy (non-hydrogen) atoms. The molecule has 2 aromatic heterocycles. The van der Waals surface area contributed by atoms with Gasteiger partial charge < -0.3 is 9.32 Å². The van der Waals surface area contributed by atoms with E-state index >= 15 is 0 Å². The fourth-order valence-corrected chi connectivity index (χ4v) is 3.36. The van der Waals surface area contributed by atoms with Crippen LogP contribution >= 0.6 is 0 Å². The van der Waals surface area contributed by atoms with Crippen LogP contribution in [0.2, 0.25) is 0 Å². The summed E-state index contributed by atoms with van der Waals surface area (Å²) in [6.45, 7) is 2.76. The van der Waals surface area contributed by atoms with Gasteiger partial charge in [-0.15, -0.1) is 5.10 Å². The van der Waals surface area contributed by atoms with Crippen LogP contribution in [0.1, 0.15) is 22.7 Å². The van der Waals surface area contributed by atoms with E-state index in [0.717, 1.165) is 30.1 Å². The molecule has 1 N–H and O–H groups in total. The summed E-state index contributed by atoms with van der Waals surface area (Å²) in [6.07, 6.45) is 2.54. The largest absolute Gasteiger partial charge is 0.463 e. The summed E-state index contributed by atoms with van der Waals surface area (Å²) >= 11 is 0. The first-order chi connectivity index (χ1) is 14.3. The highest BCUT2D eigenvalue weighted by Crippen LogP contribution is 2.05. The molecular weight excluding hydrogens is 369 g/mol. The first kappa shape index (κ1) is 19.0. The van der Waals surface area contributed by atoms with Gasteiger partial charge in [-0.05, 0) is 46.7 Å². The van der Waals surface area contributed by atoms with Crippen LogP contribution in [0.4, 0.5) is 4.39 Å². The number of halogens is 1. The Morgan fingerprint density at radius 2 is 1.69 bits per heavy atom. The highest BCUT2D eigenvalue weighted by Gasteiger charge is 2.18.